The summed E-state index contributed by atoms with van der Waals surface area (Å²) >= 11 is 1.65. The molecule has 1 unspecified atom stereocenters. The van der Waals surface area contributed by atoms with E-state index in [4.69, 9.17) is 0 Å². The van der Waals surface area contributed by atoms with E-state index in [1.165, 1.54) is 4.88 Å². The molecule has 1 atom stereocenters. The topological polar surface area (TPSA) is 46.0 Å². The molecule has 0 aromatic carbocycles. The van der Waals surface area contributed by atoms with Gasteiger partial charge in [-0.15, -0.1) is 11.3 Å². The largest absolute Gasteiger partial charge is 0.386 e. The highest BCUT2D eigenvalue weighted by molar-refractivity contribution is 7.11. The number of aliphatic hydroxyl groups is 1. The first kappa shape index (κ1) is 13.2. The van der Waals surface area contributed by atoms with E-state index in [-0.39, 0.29) is 0 Å². The lowest BCUT2D eigenvalue weighted by molar-refractivity contribution is 0.172. The van der Waals surface area contributed by atoms with Gasteiger partial charge < -0.3 is 5.11 Å². The van der Waals surface area contributed by atoms with Gasteiger partial charge >= 0.3 is 0 Å². The van der Waals surface area contributed by atoms with Crippen LogP contribution in [0.25, 0.3) is 0 Å². The Morgan fingerprint density at radius 1 is 1.39 bits per heavy atom. The lowest BCUT2D eigenvalue weighted by Crippen LogP contribution is -2.07. The normalized spacial score (nSPS) is 12.7. The fourth-order valence-corrected chi connectivity index (χ4v) is 2.91. The number of hydrogen-bond acceptors (Lipinski definition) is 4. The summed E-state index contributed by atoms with van der Waals surface area (Å²) in [6, 6.07) is 3.93. The summed E-state index contributed by atoms with van der Waals surface area (Å²) in [5, 5.41) is 11.3. The molecule has 0 aliphatic heterocycles. The minimum absolute atomic E-state index is 0.545. The standard InChI is InChI=1S/C14H18N2OS/c1-4-11-6-5-7-15-14(11)12(17)8-13-16-9(2)10(3)18-13/h5-7,12,17H,4,8H2,1-3H3. The Hall–Kier alpha value is -1.26. The van der Waals surface area contributed by atoms with Gasteiger partial charge in [0, 0.05) is 17.5 Å². The Bertz CT molecular complexity index is 517. The van der Waals surface area contributed by atoms with Crippen LogP contribution in [0.5, 0.6) is 0 Å². The number of thiazole rings is 1. The van der Waals surface area contributed by atoms with E-state index < -0.39 is 6.10 Å². The van der Waals surface area contributed by atoms with E-state index in [2.05, 4.69) is 23.8 Å². The van der Waals surface area contributed by atoms with Gasteiger partial charge in [0.1, 0.15) is 6.10 Å². The van der Waals surface area contributed by atoms with Crippen molar-refractivity contribution in [1.82, 2.24) is 9.97 Å². The molecule has 2 rings (SSSR count). The molecule has 2 heterocycles. The van der Waals surface area contributed by atoms with Crippen LogP contribution in [0.15, 0.2) is 18.3 Å². The molecule has 0 saturated heterocycles. The van der Waals surface area contributed by atoms with Crippen LogP contribution in [0.2, 0.25) is 0 Å². The minimum atomic E-state index is -0.564. The molecular formula is C14H18N2OS. The zero-order chi connectivity index (χ0) is 13.1. The van der Waals surface area contributed by atoms with Crippen molar-refractivity contribution in [3.05, 3.63) is 45.2 Å². The zero-order valence-electron chi connectivity index (χ0n) is 11.0. The van der Waals surface area contributed by atoms with Gasteiger partial charge in [-0.2, -0.15) is 0 Å². The molecule has 0 aliphatic carbocycles. The van der Waals surface area contributed by atoms with Gasteiger partial charge in [0.2, 0.25) is 0 Å². The number of hydrogen-bond donors (Lipinski definition) is 1. The van der Waals surface area contributed by atoms with Crippen molar-refractivity contribution >= 4 is 11.3 Å². The maximum Gasteiger partial charge on any atom is 0.103 e. The second-order valence-corrected chi connectivity index (χ2v) is 5.66. The van der Waals surface area contributed by atoms with Crippen LogP contribution in [0.1, 0.15) is 39.9 Å². The van der Waals surface area contributed by atoms with Gasteiger partial charge in [-0.25, -0.2) is 4.98 Å². The number of pyridine rings is 1. The summed E-state index contributed by atoms with van der Waals surface area (Å²) in [4.78, 5) is 9.98. The second-order valence-electron chi connectivity index (χ2n) is 4.37. The molecule has 96 valence electrons. The quantitative estimate of drug-likeness (QED) is 0.921. The highest BCUT2D eigenvalue weighted by atomic mass is 32.1. The van der Waals surface area contributed by atoms with Gasteiger partial charge in [-0.05, 0) is 31.9 Å². The average Bonchev–Trinajstić information content (AvgIpc) is 2.68. The Labute approximate surface area is 112 Å². The van der Waals surface area contributed by atoms with Gasteiger partial charge in [0.25, 0.3) is 0 Å². The van der Waals surface area contributed by atoms with Crippen LogP contribution in [0.3, 0.4) is 0 Å². The van der Waals surface area contributed by atoms with Crippen LogP contribution >= 0.6 is 11.3 Å². The summed E-state index contributed by atoms with van der Waals surface area (Å²) in [6.45, 7) is 6.13. The molecule has 0 spiro atoms. The van der Waals surface area contributed by atoms with Gasteiger partial charge in [0.05, 0.1) is 16.4 Å². The third-order valence-corrected chi connectivity index (χ3v) is 4.16. The molecule has 0 fully saturated rings. The monoisotopic (exact) mass is 262 g/mol. The zero-order valence-corrected chi connectivity index (χ0v) is 11.8. The summed E-state index contributed by atoms with van der Waals surface area (Å²) in [6.07, 6.45) is 2.60. The molecular weight excluding hydrogens is 244 g/mol. The van der Waals surface area contributed by atoms with Gasteiger partial charge in [-0.1, -0.05) is 13.0 Å². The van der Waals surface area contributed by atoms with E-state index in [0.717, 1.165) is 28.4 Å². The maximum atomic E-state index is 10.3. The third kappa shape index (κ3) is 2.76. The van der Waals surface area contributed by atoms with Crippen molar-refractivity contribution in [3.8, 4) is 0 Å². The van der Waals surface area contributed by atoms with Crippen molar-refractivity contribution < 1.29 is 5.11 Å². The molecule has 1 N–H and O–H groups in total. The van der Waals surface area contributed by atoms with Crippen molar-refractivity contribution in [2.45, 2.75) is 39.7 Å². The van der Waals surface area contributed by atoms with Crippen LogP contribution in [0.4, 0.5) is 0 Å². The molecule has 18 heavy (non-hydrogen) atoms. The summed E-state index contributed by atoms with van der Waals surface area (Å²) < 4.78 is 0. The number of rotatable bonds is 4. The Balaban J connectivity index is 2.18. The predicted octanol–water partition coefficient (Wildman–Crippen LogP) is 2.99. The minimum Gasteiger partial charge on any atom is -0.386 e. The van der Waals surface area contributed by atoms with E-state index in [1.807, 2.05) is 19.1 Å². The fraction of sp³-hybridized carbons (Fsp3) is 0.429. The lowest BCUT2D eigenvalue weighted by atomic mass is 10.1. The molecule has 0 amide bonds. The third-order valence-electron chi connectivity index (χ3n) is 3.06. The highest BCUT2D eigenvalue weighted by Crippen LogP contribution is 2.24. The number of nitrogens with zero attached hydrogens (tertiary/aromatic N) is 2. The van der Waals surface area contributed by atoms with Crippen LogP contribution in [-0.4, -0.2) is 15.1 Å². The SMILES string of the molecule is CCc1cccnc1C(O)Cc1nc(C)c(C)s1. The van der Waals surface area contributed by atoms with Crippen molar-refractivity contribution in [2.75, 3.05) is 0 Å². The first-order valence-electron chi connectivity index (χ1n) is 6.16. The first-order chi connectivity index (χ1) is 8.61. The summed E-state index contributed by atoms with van der Waals surface area (Å²) in [5.74, 6) is 0. The Morgan fingerprint density at radius 2 is 2.17 bits per heavy atom. The number of aliphatic hydroxyl groups excluding tert-OH is 1. The number of aryl methyl sites for hydroxylation is 3. The summed E-state index contributed by atoms with van der Waals surface area (Å²) in [7, 11) is 0. The summed E-state index contributed by atoms with van der Waals surface area (Å²) in [5.41, 5.74) is 2.94. The Kier molecular flexibility index (Phi) is 4.09. The molecule has 0 bridgehead atoms. The van der Waals surface area contributed by atoms with Crippen LogP contribution in [0, 0.1) is 13.8 Å². The molecule has 3 nitrogen and oxygen atoms in total. The average molecular weight is 262 g/mol. The first-order valence-corrected chi connectivity index (χ1v) is 6.98. The molecule has 2 aromatic heterocycles. The van der Waals surface area contributed by atoms with Gasteiger partial charge in [-0.3, -0.25) is 4.98 Å². The highest BCUT2D eigenvalue weighted by Gasteiger charge is 2.16. The molecule has 0 saturated carbocycles. The Morgan fingerprint density at radius 3 is 2.78 bits per heavy atom. The van der Waals surface area contributed by atoms with E-state index in [1.54, 1.807) is 17.5 Å². The van der Waals surface area contributed by atoms with Crippen LogP contribution < -0.4 is 0 Å². The van der Waals surface area contributed by atoms with Crippen LogP contribution in [-0.2, 0) is 12.8 Å². The molecule has 0 radical (unpaired) electrons. The fourth-order valence-electron chi connectivity index (χ4n) is 1.94. The molecule has 2 aromatic rings. The predicted molar refractivity (Wildman–Crippen MR) is 73.9 cm³/mol. The maximum absolute atomic E-state index is 10.3. The van der Waals surface area contributed by atoms with E-state index in [9.17, 15) is 5.11 Å². The molecule has 0 aliphatic rings. The number of aromatic nitrogens is 2. The molecule has 4 heteroatoms. The van der Waals surface area contributed by atoms with Gasteiger partial charge in [0.15, 0.2) is 0 Å². The van der Waals surface area contributed by atoms with Crippen molar-refractivity contribution in [2.24, 2.45) is 0 Å². The second kappa shape index (κ2) is 5.59. The van der Waals surface area contributed by atoms with Crippen molar-refractivity contribution in [3.63, 3.8) is 0 Å². The van der Waals surface area contributed by atoms with Crippen molar-refractivity contribution in [1.29, 1.82) is 0 Å². The lowest BCUT2D eigenvalue weighted by Gasteiger charge is -2.12. The van der Waals surface area contributed by atoms with E-state index >= 15 is 0 Å². The van der Waals surface area contributed by atoms with E-state index in [0.29, 0.717) is 6.42 Å². The smallest absolute Gasteiger partial charge is 0.103 e.